The van der Waals surface area contributed by atoms with E-state index < -0.39 is 0 Å². The minimum Gasteiger partial charge on any atom is -0.314 e. The second-order valence-corrected chi connectivity index (χ2v) is 5.31. The molecule has 0 unspecified atom stereocenters. The quantitative estimate of drug-likeness (QED) is 0.807. The highest BCUT2D eigenvalue weighted by molar-refractivity contribution is 5.09. The zero-order chi connectivity index (χ0) is 11.8. The highest BCUT2D eigenvalue weighted by Crippen LogP contribution is 2.19. The zero-order valence-electron chi connectivity index (χ0n) is 10.7. The smallest absolute Gasteiger partial charge is 0.0597 e. The summed E-state index contributed by atoms with van der Waals surface area (Å²) < 4.78 is 1.99. The fourth-order valence-corrected chi connectivity index (χ4v) is 2.32. The zero-order valence-corrected chi connectivity index (χ0v) is 10.7. The number of rotatable bonds is 2. The Bertz CT molecular complexity index is 367. The number of hydrogen-bond acceptors (Lipinski definition) is 3. The van der Waals surface area contributed by atoms with Crippen molar-refractivity contribution < 1.29 is 0 Å². The predicted molar refractivity (Wildman–Crippen MR) is 65.3 cm³/mol. The van der Waals surface area contributed by atoms with Crippen LogP contribution in [-0.4, -0.2) is 39.9 Å². The van der Waals surface area contributed by atoms with E-state index in [1.807, 2.05) is 18.7 Å². The number of aryl methyl sites for hydroxylation is 2. The highest BCUT2D eigenvalue weighted by atomic mass is 15.3. The maximum Gasteiger partial charge on any atom is 0.0597 e. The minimum absolute atomic E-state index is 0.233. The first-order chi connectivity index (χ1) is 7.49. The van der Waals surface area contributed by atoms with Gasteiger partial charge in [-0.25, -0.2) is 0 Å². The van der Waals surface area contributed by atoms with Gasteiger partial charge in [0.2, 0.25) is 0 Å². The molecule has 1 saturated heterocycles. The van der Waals surface area contributed by atoms with Crippen molar-refractivity contribution in [2.45, 2.75) is 32.9 Å². The monoisotopic (exact) mass is 222 g/mol. The average Bonchev–Trinajstić information content (AvgIpc) is 2.49. The van der Waals surface area contributed by atoms with Gasteiger partial charge in [-0.1, -0.05) is 0 Å². The van der Waals surface area contributed by atoms with E-state index in [0.29, 0.717) is 0 Å². The van der Waals surface area contributed by atoms with Crippen molar-refractivity contribution in [3.05, 3.63) is 17.5 Å². The van der Waals surface area contributed by atoms with E-state index in [1.165, 1.54) is 5.69 Å². The summed E-state index contributed by atoms with van der Waals surface area (Å²) in [5.41, 5.74) is 2.63. The number of hydrogen-bond donors (Lipinski definition) is 1. The average molecular weight is 222 g/mol. The molecule has 1 fully saturated rings. The molecule has 0 amide bonds. The Morgan fingerprint density at radius 1 is 1.50 bits per heavy atom. The normalized spacial score (nSPS) is 21.2. The van der Waals surface area contributed by atoms with Crippen LogP contribution in [0.15, 0.2) is 6.07 Å². The topological polar surface area (TPSA) is 33.1 Å². The van der Waals surface area contributed by atoms with E-state index in [0.717, 1.165) is 31.9 Å². The molecule has 0 aliphatic carbocycles. The van der Waals surface area contributed by atoms with Crippen molar-refractivity contribution in [2.75, 3.05) is 19.6 Å². The molecule has 0 spiro atoms. The lowest BCUT2D eigenvalue weighted by atomic mass is 10.00. The van der Waals surface area contributed by atoms with Gasteiger partial charge in [0.25, 0.3) is 0 Å². The van der Waals surface area contributed by atoms with Crippen molar-refractivity contribution in [3.63, 3.8) is 0 Å². The van der Waals surface area contributed by atoms with Gasteiger partial charge in [-0.15, -0.1) is 0 Å². The lowest BCUT2D eigenvalue weighted by molar-refractivity contribution is 0.0801. The predicted octanol–water partition coefficient (Wildman–Crippen LogP) is 0.912. The summed E-state index contributed by atoms with van der Waals surface area (Å²) in [5.74, 6) is 0. The number of aromatic nitrogens is 2. The maximum atomic E-state index is 4.40. The highest BCUT2D eigenvalue weighted by Gasteiger charge is 2.29. The third kappa shape index (κ3) is 2.28. The molecule has 16 heavy (non-hydrogen) atoms. The first-order valence-electron chi connectivity index (χ1n) is 5.94. The van der Waals surface area contributed by atoms with E-state index in [1.54, 1.807) is 0 Å². The van der Waals surface area contributed by atoms with Gasteiger partial charge in [-0.05, 0) is 26.8 Å². The number of nitrogens with one attached hydrogen (secondary N) is 1. The molecule has 1 aliphatic heterocycles. The molecule has 0 saturated carbocycles. The molecule has 1 aromatic heterocycles. The molecule has 90 valence electrons. The summed E-state index contributed by atoms with van der Waals surface area (Å²) in [7, 11) is 2.03. The molecule has 2 heterocycles. The van der Waals surface area contributed by atoms with Crippen molar-refractivity contribution in [3.8, 4) is 0 Å². The SMILES string of the molecule is Cc1cc(CN2CCNCC2(C)C)n(C)n1. The van der Waals surface area contributed by atoms with Crippen LogP contribution in [0.5, 0.6) is 0 Å². The molecular weight excluding hydrogens is 200 g/mol. The summed E-state index contributed by atoms with van der Waals surface area (Å²) in [5, 5.41) is 7.85. The molecule has 2 rings (SSSR count). The van der Waals surface area contributed by atoms with Gasteiger partial charge in [0.15, 0.2) is 0 Å². The molecular formula is C12H22N4. The third-order valence-electron chi connectivity index (χ3n) is 3.42. The van der Waals surface area contributed by atoms with E-state index in [2.05, 4.69) is 35.2 Å². The van der Waals surface area contributed by atoms with Crippen molar-refractivity contribution in [2.24, 2.45) is 7.05 Å². The van der Waals surface area contributed by atoms with Crippen LogP contribution in [0, 0.1) is 6.92 Å². The first-order valence-corrected chi connectivity index (χ1v) is 5.94. The molecule has 1 aliphatic rings. The van der Waals surface area contributed by atoms with E-state index in [9.17, 15) is 0 Å². The molecule has 0 atom stereocenters. The second-order valence-electron chi connectivity index (χ2n) is 5.31. The van der Waals surface area contributed by atoms with Crippen molar-refractivity contribution in [1.29, 1.82) is 0 Å². The van der Waals surface area contributed by atoms with Gasteiger partial charge in [0.05, 0.1) is 11.4 Å². The second kappa shape index (κ2) is 4.18. The largest absolute Gasteiger partial charge is 0.314 e. The summed E-state index contributed by atoms with van der Waals surface area (Å²) >= 11 is 0. The third-order valence-corrected chi connectivity index (χ3v) is 3.42. The molecule has 0 bridgehead atoms. The molecule has 0 aromatic carbocycles. The summed E-state index contributed by atoms with van der Waals surface area (Å²) in [4.78, 5) is 2.53. The van der Waals surface area contributed by atoms with Crippen LogP contribution < -0.4 is 5.32 Å². The maximum absolute atomic E-state index is 4.40. The fraction of sp³-hybridized carbons (Fsp3) is 0.750. The number of nitrogens with zero attached hydrogens (tertiary/aromatic N) is 3. The Labute approximate surface area is 97.6 Å². The van der Waals surface area contributed by atoms with Crippen molar-refractivity contribution in [1.82, 2.24) is 20.0 Å². The number of piperazine rings is 1. The van der Waals surface area contributed by atoms with Crippen LogP contribution in [0.3, 0.4) is 0 Å². The van der Waals surface area contributed by atoms with Crippen LogP contribution in [0.2, 0.25) is 0 Å². The van der Waals surface area contributed by atoms with Gasteiger partial charge in [0, 0.05) is 38.8 Å². The summed E-state index contributed by atoms with van der Waals surface area (Å²) in [6, 6.07) is 2.18. The van der Waals surface area contributed by atoms with Gasteiger partial charge >= 0.3 is 0 Å². The lowest BCUT2D eigenvalue weighted by Crippen LogP contribution is -2.57. The molecule has 4 nitrogen and oxygen atoms in total. The molecule has 1 N–H and O–H groups in total. The van der Waals surface area contributed by atoms with Crippen molar-refractivity contribution >= 4 is 0 Å². The fourth-order valence-electron chi connectivity index (χ4n) is 2.32. The lowest BCUT2D eigenvalue weighted by Gasteiger charge is -2.42. The van der Waals surface area contributed by atoms with Crippen LogP contribution >= 0.6 is 0 Å². The Morgan fingerprint density at radius 3 is 2.81 bits per heavy atom. The minimum atomic E-state index is 0.233. The molecule has 0 radical (unpaired) electrons. The molecule has 1 aromatic rings. The van der Waals surface area contributed by atoms with Crippen LogP contribution in [0.4, 0.5) is 0 Å². The van der Waals surface area contributed by atoms with Crippen LogP contribution in [0.1, 0.15) is 25.2 Å². The molecule has 4 heteroatoms. The van der Waals surface area contributed by atoms with Gasteiger partial charge < -0.3 is 5.32 Å². The first kappa shape index (κ1) is 11.6. The van der Waals surface area contributed by atoms with Crippen LogP contribution in [-0.2, 0) is 13.6 Å². The Balaban J connectivity index is 2.11. The van der Waals surface area contributed by atoms with E-state index in [4.69, 9.17) is 0 Å². The van der Waals surface area contributed by atoms with E-state index >= 15 is 0 Å². The van der Waals surface area contributed by atoms with E-state index in [-0.39, 0.29) is 5.54 Å². The Kier molecular flexibility index (Phi) is 3.04. The Morgan fingerprint density at radius 2 is 2.25 bits per heavy atom. The standard InChI is InChI=1S/C12H22N4/c1-10-7-11(15(4)14-10)8-16-6-5-13-9-12(16,2)3/h7,13H,5-6,8-9H2,1-4H3. The van der Waals surface area contributed by atoms with Gasteiger partial charge in [-0.2, -0.15) is 5.10 Å². The summed E-state index contributed by atoms with van der Waals surface area (Å²) in [6.45, 7) is 10.9. The van der Waals surface area contributed by atoms with Gasteiger partial charge in [0.1, 0.15) is 0 Å². The van der Waals surface area contributed by atoms with Crippen LogP contribution in [0.25, 0.3) is 0 Å². The van der Waals surface area contributed by atoms with Gasteiger partial charge in [-0.3, -0.25) is 9.58 Å². The summed E-state index contributed by atoms with van der Waals surface area (Å²) in [6.07, 6.45) is 0. The Hall–Kier alpha value is -0.870.